The van der Waals surface area contributed by atoms with E-state index in [4.69, 9.17) is 44.6 Å². The summed E-state index contributed by atoms with van der Waals surface area (Å²) in [5.74, 6) is 13.1. The number of hydrogen-bond donors (Lipinski definition) is 0. The fourth-order valence-corrected chi connectivity index (χ4v) is 11.1. The van der Waals surface area contributed by atoms with E-state index >= 15 is 0 Å². The van der Waals surface area contributed by atoms with Gasteiger partial charge in [-0.25, -0.2) is 0 Å². The first-order valence-corrected chi connectivity index (χ1v) is 22.5. The molecular weight excluding hydrogens is 833 g/mol. The molecular formula is C64H42O4. The summed E-state index contributed by atoms with van der Waals surface area (Å²) in [5.41, 5.74) is 12.4. The molecule has 11 rings (SSSR count). The van der Waals surface area contributed by atoms with Crippen LogP contribution in [0.1, 0.15) is 44.5 Å². The number of fused-ring (bicyclic) bond motifs is 8. The van der Waals surface area contributed by atoms with E-state index in [9.17, 15) is 0 Å². The van der Waals surface area contributed by atoms with Gasteiger partial charge < -0.3 is 18.9 Å². The van der Waals surface area contributed by atoms with Crippen LogP contribution < -0.4 is 18.9 Å². The predicted molar refractivity (Wildman–Crippen MR) is 273 cm³/mol. The van der Waals surface area contributed by atoms with Gasteiger partial charge in [-0.15, -0.1) is 25.7 Å². The van der Waals surface area contributed by atoms with Gasteiger partial charge in [0.15, 0.2) is 0 Å². The van der Waals surface area contributed by atoms with Crippen LogP contribution in [-0.4, -0.2) is 26.4 Å². The highest BCUT2D eigenvalue weighted by Crippen LogP contribution is 2.60. The summed E-state index contributed by atoms with van der Waals surface area (Å²) in [4.78, 5) is 0. The van der Waals surface area contributed by atoms with E-state index in [0.717, 1.165) is 43.8 Å². The van der Waals surface area contributed by atoms with Crippen LogP contribution in [0.4, 0.5) is 0 Å². The van der Waals surface area contributed by atoms with E-state index in [1.807, 2.05) is 36.4 Å². The van der Waals surface area contributed by atoms with Crippen LogP contribution in [0.15, 0.2) is 182 Å². The number of benzene rings is 9. The van der Waals surface area contributed by atoms with Crippen molar-refractivity contribution >= 4 is 21.5 Å². The number of rotatable bonds is 12. The molecule has 0 aromatic heterocycles. The van der Waals surface area contributed by atoms with E-state index in [2.05, 4.69) is 169 Å². The normalized spacial score (nSPS) is 13.1. The fraction of sp³-hybridized carbons (Fsp3) is 0.0938. The molecule has 2 aliphatic rings. The Kier molecular flexibility index (Phi) is 10.4. The Morgan fingerprint density at radius 1 is 0.309 bits per heavy atom. The summed E-state index contributed by atoms with van der Waals surface area (Å²) in [7, 11) is 0. The molecule has 0 spiro atoms. The minimum absolute atomic E-state index is 0.118. The van der Waals surface area contributed by atoms with Crippen molar-refractivity contribution in [3.05, 3.63) is 226 Å². The standard InChI is InChI=1S/C64H42O4/c1-5-37-65-45-29-31-51-53(41-45)61(67-39-7-3)35-33-59(51)63(55-21-13-9-17-47(55)48-18-10-14-22-56(48)63)43-25-27-44(28-26-43)64(57-23-15-11-19-49(57)50-20-12-16-24-58(50)64)60-34-36-62(68-40-8-4)54-42-46(66-38-6-2)30-32-52(54)60/h1-4,9-36,41-42H,37-40H2. The number of hydrogen-bond acceptors (Lipinski definition) is 4. The highest BCUT2D eigenvalue weighted by molar-refractivity contribution is 5.99. The molecule has 0 bridgehead atoms. The molecule has 4 heteroatoms. The molecule has 0 amide bonds. The maximum Gasteiger partial charge on any atom is 0.148 e. The average Bonchev–Trinajstić information content (AvgIpc) is 3.86. The highest BCUT2D eigenvalue weighted by atomic mass is 16.5. The van der Waals surface area contributed by atoms with Gasteiger partial charge in [0, 0.05) is 10.8 Å². The quantitative estimate of drug-likeness (QED) is 0.115. The lowest BCUT2D eigenvalue weighted by Crippen LogP contribution is -2.31. The van der Waals surface area contributed by atoms with E-state index in [0.29, 0.717) is 23.0 Å². The molecule has 0 radical (unpaired) electrons. The maximum atomic E-state index is 6.22. The molecule has 0 N–H and O–H groups in total. The first-order chi connectivity index (χ1) is 33.6. The largest absolute Gasteiger partial charge is 0.481 e. The first-order valence-electron chi connectivity index (χ1n) is 22.5. The molecule has 0 atom stereocenters. The van der Waals surface area contributed by atoms with Crippen molar-refractivity contribution in [2.75, 3.05) is 26.4 Å². The molecule has 0 aliphatic heterocycles. The second-order valence-electron chi connectivity index (χ2n) is 16.9. The van der Waals surface area contributed by atoms with Crippen molar-refractivity contribution < 1.29 is 18.9 Å². The SMILES string of the molecule is C#CCOc1ccc2c(C3(c4ccc(C5(c6ccc(OCC#C)c7cc(OCC#C)ccc67)c6ccccc6-c6ccccc65)cc4)c4ccccc4-c4ccccc43)ccc(OCC#C)c2c1. The molecule has 0 saturated carbocycles. The monoisotopic (exact) mass is 874 g/mol. The highest BCUT2D eigenvalue weighted by Gasteiger charge is 2.49. The minimum Gasteiger partial charge on any atom is -0.481 e. The van der Waals surface area contributed by atoms with E-state index in [-0.39, 0.29) is 26.4 Å². The summed E-state index contributed by atoms with van der Waals surface area (Å²) in [6.45, 7) is 0.515. The van der Waals surface area contributed by atoms with Crippen LogP contribution in [0.5, 0.6) is 23.0 Å². The van der Waals surface area contributed by atoms with Gasteiger partial charge in [-0.05, 0) is 114 Å². The molecule has 0 fully saturated rings. The van der Waals surface area contributed by atoms with E-state index in [1.54, 1.807) is 0 Å². The van der Waals surface area contributed by atoms with Crippen LogP contribution in [0, 0.1) is 49.4 Å². The molecule has 322 valence electrons. The van der Waals surface area contributed by atoms with E-state index < -0.39 is 10.8 Å². The van der Waals surface area contributed by atoms with Crippen LogP contribution in [0.3, 0.4) is 0 Å². The third-order valence-electron chi connectivity index (χ3n) is 13.6. The summed E-state index contributed by atoms with van der Waals surface area (Å²) in [6, 6.07) is 65.0. The maximum absolute atomic E-state index is 6.22. The Morgan fingerprint density at radius 2 is 0.632 bits per heavy atom. The third-order valence-corrected chi connectivity index (χ3v) is 13.6. The van der Waals surface area contributed by atoms with Crippen LogP contribution in [0.2, 0.25) is 0 Å². The van der Waals surface area contributed by atoms with Crippen molar-refractivity contribution in [2.24, 2.45) is 0 Å². The van der Waals surface area contributed by atoms with Crippen molar-refractivity contribution in [1.29, 1.82) is 0 Å². The number of terminal acetylenes is 4. The topological polar surface area (TPSA) is 36.9 Å². The predicted octanol–water partition coefficient (Wildman–Crippen LogP) is 12.8. The first kappa shape index (κ1) is 41.6. The minimum atomic E-state index is -0.758. The number of ether oxygens (including phenoxy) is 4. The Labute approximate surface area is 397 Å². The molecule has 68 heavy (non-hydrogen) atoms. The molecule has 2 aliphatic carbocycles. The van der Waals surface area contributed by atoms with Crippen LogP contribution >= 0.6 is 0 Å². The van der Waals surface area contributed by atoms with Gasteiger partial charge in [0.1, 0.15) is 49.4 Å². The van der Waals surface area contributed by atoms with Gasteiger partial charge in [-0.2, -0.15) is 0 Å². The zero-order valence-electron chi connectivity index (χ0n) is 37.1. The second-order valence-corrected chi connectivity index (χ2v) is 16.9. The average molecular weight is 875 g/mol. The van der Waals surface area contributed by atoms with Crippen LogP contribution in [0.25, 0.3) is 43.8 Å². The van der Waals surface area contributed by atoms with Gasteiger partial charge in [-0.3, -0.25) is 0 Å². The Hall–Kier alpha value is -9.06. The zero-order chi connectivity index (χ0) is 46.2. The summed E-state index contributed by atoms with van der Waals surface area (Å²) in [5, 5.41) is 3.75. The smallest absolute Gasteiger partial charge is 0.148 e. The third kappa shape index (κ3) is 6.24. The molecule has 4 nitrogen and oxygen atoms in total. The molecule has 0 heterocycles. The van der Waals surface area contributed by atoms with E-state index in [1.165, 1.54) is 44.5 Å². The van der Waals surface area contributed by atoms with Crippen molar-refractivity contribution in [3.8, 4) is 94.6 Å². The summed E-state index contributed by atoms with van der Waals surface area (Å²) in [6.07, 6.45) is 22.7. The lowest BCUT2D eigenvalue weighted by molar-refractivity contribution is 0.368. The fourth-order valence-electron chi connectivity index (χ4n) is 11.1. The lowest BCUT2D eigenvalue weighted by Gasteiger charge is -2.37. The van der Waals surface area contributed by atoms with Gasteiger partial charge in [0.25, 0.3) is 0 Å². The molecule has 9 aromatic rings. The Bertz CT molecular complexity index is 3310. The van der Waals surface area contributed by atoms with Gasteiger partial charge in [0.2, 0.25) is 0 Å². The molecule has 0 unspecified atom stereocenters. The van der Waals surface area contributed by atoms with Crippen molar-refractivity contribution in [3.63, 3.8) is 0 Å². The molecule has 0 saturated heterocycles. The summed E-state index contributed by atoms with van der Waals surface area (Å²) >= 11 is 0. The zero-order valence-corrected chi connectivity index (χ0v) is 37.1. The Morgan fingerprint density at radius 3 is 0.971 bits per heavy atom. The summed E-state index contributed by atoms with van der Waals surface area (Å²) < 4.78 is 24.4. The van der Waals surface area contributed by atoms with Crippen molar-refractivity contribution in [2.45, 2.75) is 10.8 Å². The van der Waals surface area contributed by atoms with Gasteiger partial charge in [-0.1, -0.05) is 169 Å². The molecule has 9 aromatic carbocycles. The van der Waals surface area contributed by atoms with Crippen LogP contribution in [-0.2, 0) is 10.8 Å². The van der Waals surface area contributed by atoms with Crippen molar-refractivity contribution in [1.82, 2.24) is 0 Å². The van der Waals surface area contributed by atoms with Gasteiger partial charge >= 0.3 is 0 Å². The van der Waals surface area contributed by atoms with Gasteiger partial charge in [0.05, 0.1) is 10.8 Å². The second kappa shape index (κ2) is 17.1. The Balaban J connectivity index is 1.20. The lowest BCUT2D eigenvalue weighted by atomic mass is 9.64.